The van der Waals surface area contributed by atoms with Crippen molar-refractivity contribution in [3.05, 3.63) is 29.8 Å². The summed E-state index contributed by atoms with van der Waals surface area (Å²) in [5.41, 5.74) is 0.786. The van der Waals surface area contributed by atoms with Gasteiger partial charge in [-0.1, -0.05) is 32.9 Å². The lowest BCUT2D eigenvalue weighted by Crippen LogP contribution is -2.24. The SMILES string of the molecule is CCC(C)(C)C(=O)Cc1cccc(OC)c1. The number of carbonyl (C=O) groups is 1. The van der Waals surface area contributed by atoms with Gasteiger partial charge in [-0.05, 0) is 24.1 Å². The lowest BCUT2D eigenvalue weighted by atomic mass is 9.82. The largest absolute Gasteiger partial charge is 0.497 e. The average molecular weight is 220 g/mol. The maximum atomic E-state index is 12.0. The van der Waals surface area contributed by atoms with Gasteiger partial charge in [-0.2, -0.15) is 0 Å². The number of rotatable bonds is 5. The van der Waals surface area contributed by atoms with Crippen LogP contribution < -0.4 is 4.74 Å². The zero-order valence-corrected chi connectivity index (χ0v) is 10.5. The van der Waals surface area contributed by atoms with Gasteiger partial charge in [-0.3, -0.25) is 4.79 Å². The van der Waals surface area contributed by atoms with Gasteiger partial charge >= 0.3 is 0 Å². The van der Waals surface area contributed by atoms with E-state index in [1.54, 1.807) is 7.11 Å². The van der Waals surface area contributed by atoms with E-state index in [2.05, 4.69) is 0 Å². The molecular weight excluding hydrogens is 200 g/mol. The molecule has 1 aromatic carbocycles. The molecule has 0 radical (unpaired) electrons. The summed E-state index contributed by atoms with van der Waals surface area (Å²) >= 11 is 0. The molecule has 0 atom stereocenters. The molecule has 0 aliphatic carbocycles. The predicted molar refractivity (Wildman–Crippen MR) is 65.8 cm³/mol. The topological polar surface area (TPSA) is 26.3 Å². The first-order chi connectivity index (χ1) is 7.49. The fourth-order valence-corrected chi connectivity index (χ4v) is 1.40. The molecule has 2 heteroatoms. The summed E-state index contributed by atoms with van der Waals surface area (Å²) in [5.74, 6) is 1.09. The van der Waals surface area contributed by atoms with Crippen LogP contribution in [0, 0.1) is 5.41 Å². The summed E-state index contributed by atoms with van der Waals surface area (Å²) in [4.78, 5) is 12.0. The molecule has 0 aliphatic heterocycles. The minimum absolute atomic E-state index is 0.233. The highest BCUT2D eigenvalue weighted by atomic mass is 16.5. The van der Waals surface area contributed by atoms with Gasteiger partial charge in [0.1, 0.15) is 11.5 Å². The number of benzene rings is 1. The Hall–Kier alpha value is -1.31. The van der Waals surface area contributed by atoms with Gasteiger partial charge in [-0.15, -0.1) is 0 Å². The first-order valence-electron chi connectivity index (χ1n) is 5.66. The van der Waals surface area contributed by atoms with E-state index in [0.29, 0.717) is 6.42 Å². The molecule has 0 amide bonds. The van der Waals surface area contributed by atoms with Crippen molar-refractivity contribution in [1.82, 2.24) is 0 Å². The zero-order valence-electron chi connectivity index (χ0n) is 10.5. The third-order valence-electron chi connectivity index (χ3n) is 3.14. The third-order valence-corrected chi connectivity index (χ3v) is 3.14. The van der Waals surface area contributed by atoms with E-state index in [9.17, 15) is 4.79 Å². The molecule has 16 heavy (non-hydrogen) atoms. The van der Waals surface area contributed by atoms with Gasteiger partial charge in [-0.25, -0.2) is 0 Å². The Kier molecular flexibility index (Phi) is 4.11. The molecule has 0 saturated carbocycles. The van der Waals surface area contributed by atoms with Crippen molar-refractivity contribution in [2.24, 2.45) is 5.41 Å². The van der Waals surface area contributed by atoms with Crippen LogP contribution in [0.5, 0.6) is 5.75 Å². The number of Topliss-reactive ketones (excluding diaryl/α,β-unsaturated/α-hetero) is 1. The number of hydrogen-bond donors (Lipinski definition) is 0. The second-order valence-electron chi connectivity index (χ2n) is 4.69. The molecule has 0 bridgehead atoms. The van der Waals surface area contributed by atoms with E-state index >= 15 is 0 Å². The average Bonchev–Trinajstić information content (AvgIpc) is 2.29. The monoisotopic (exact) mass is 220 g/mol. The molecule has 0 aromatic heterocycles. The van der Waals surface area contributed by atoms with Crippen LogP contribution in [0.15, 0.2) is 24.3 Å². The molecule has 0 saturated heterocycles. The van der Waals surface area contributed by atoms with Gasteiger partial charge in [0.25, 0.3) is 0 Å². The Bertz CT molecular complexity index is 367. The summed E-state index contributed by atoms with van der Waals surface area (Å²) < 4.78 is 5.14. The van der Waals surface area contributed by atoms with E-state index in [1.165, 1.54) is 0 Å². The van der Waals surface area contributed by atoms with Crippen LogP contribution in [0.2, 0.25) is 0 Å². The quantitative estimate of drug-likeness (QED) is 0.761. The second kappa shape index (κ2) is 5.15. The Morgan fingerprint density at radius 2 is 2.06 bits per heavy atom. The van der Waals surface area contributed by atoms with Crippen LogP contribution in [0.4, 0.5) is 0 Å². The Morgan fingerprint density at radius 3 is 2.62 bits per heavy atom. The zero-order chi connectivity index (χ0) is 12.2. The summed E-state index contributed by atoms with van der Waals surface area (Å²) in [6, 6.07) is 7.69. The third kappa shape index (κ3) is 3.09. The van der Waals surface area contributed by atoms with E-state index in [4.69, 9.17) is 4.74 Å². The maximum absolute atomic E-state index is 12.0. The molecule has 2 nitrogen and oxygen atoms in total. The van der Waals surface area contributed by atoms with Crippen molar-refractivity contribution in [2.75, 3.05) is 7.11 Å². The first kappa shape index (κ1) is 12.8. The van der Waals surface area contributed by atoms with Crippen LogP contribution >= 0.6 is 0 Å². The lowest BCUT2D eigenvalue weighted by molar-refractivity contribution is -0.126. The summed E-state index contributed by atoms with van der Waals surface area (Å²) in [5, 5.41) is 0. The standard InChI is InChI=1S/C14H20O2/c1-5-14(2,3)13(15)10-11-7-6-8-12(9-11)16-4/h6-9H,5,10H2,1-4H3. The van der Waals surface area contributed by atoms with Crippen molar-refractivity contribution < 1.29 is 9.53 Å². The fourth-order valence-electron chi connectivity index (χ4n) is 1.40. The molecule has 0 aliphatic rings. The van der Waals surface area contributed by atoms with Crippen LogP contribution in [-0.4, -0.2) is 12.9 Å². The van der Waals surface area contributed by atoms with Crippen LogP contribution in [0.1, 0.15) is 32.8 Å². The Labute approximate surface area is 97.6 Å². The van der Waals surface area contributed by atoms with Gasteiger partial charge < -0.3 is 4.74 Å². The molecule has 1 aromatic rings. The molecular formula is C14H20O2. The minimum Gasteiger partial charge on any atom is -0.497 e. The van der Waals surface area contributed by atoms with Crippen molar-refractivity contribution in [1.29, 1.82) is 0 Å². The van der Waals surface area contributed by atoms with Crippen molar-refractivity contribution in [3.8, 4) is 5.75 Å². The highest BCUT2D eigenvalue weighted by Gasteiger charge is 2.24. The summed E-state index contributed by atoms with van der Waals surface area (Å²) in [6.07, 6.45) is 1.36. The fraction of sp³-hybridized carbons (Fsp3) is 0.500. The van der Waals surface area contributed by atoms with Crippen LogP contribution in [-0.2, 0) is 11.2 Å². The Balaban J connectivity index is 2.77. The van der Waals surface area contributed by atoms with Crippen molar-refractivity contribution in [2.45, 2.75) is 33.6 Å². The smallest absolute Gasteiger partial charge is 0.142 e. The van der Waals surface area contributed by atoms with E-state index in [0.717, 1.165) is 17.7 Å². The van der Waals surface area contributed by atoms with Crippen LogP contribution in [0.3, 0.4) is 0 Å². The van der Waals surface area contributed by atoms with Gasteiger partial charge in [0.2, 0.25) is 0 Å². The molecule has 0 spiro atoms. The molecule has 0 heterocycles. The van der Waals surface area contributed by atoms with Gasteiger partial charge in [0, 0.05) is 11.8 Å². The molecule has 0 unspecified atom stereocenters. The molecule has 0 N–H and O–H groups in total. The number of methoxy groups -OCH3 is 1. The maximum Gasteiger partial charge on any atom is 0.142 e. The minimum atomic E-state index is -0.233. The molecule has 0 fully saturated rings. The van der Waals surface area contributed by atoms with Gasteiger partial charge in [0.05, 0.1) is 7.11 Å². The first-order valence-corrected chi connectivity index (χ1v) is 5.66. The lowest BCUT2D eigenvalue weighted by Gasteiger charge is -2.20. The summed E-state index contributed by atoms with van der Waals surface area (Å²) in [6.45, 7) is 6.04. The highest BCUT2D eigenvalue weighted by molar-refractivity contribution is 5.86. The number of ketones is 1. The van der Waals surface area contributed by atoms with Crippen LogP contribution in [0.25, 0.3) is 0 Å². The predicted octanol–water partition coefficient (Wildman–Crippen LogP) is 3.24. The summed E-state index contributed by atoms with van der Waals surface area (Å²) in [7, 11) is 1.64. The van der Waals surface area contributed by atoms with E-state index < -0.39 is 0 Å². The highest BCUT2D eigenvalue weighted by Crippen LogP contribution is 2.24. The van der Waals surface area contributed by atoms with Gasteiger partial charge in [0.15, 0.2) is 0 Å². The molecule has 1 rings (SSSR count). The number of ether oxygens (including phenoxy) is 1. The normalized spacial score (nSPS) is 11.2. The number of hydrogen-bond acceptors (Lipinski definition) is 2. The second-order valence-corrected chi connectivity index (χ2v) is 4.69. The van der Waals surface area contributed by atoms with E-state index in [1.807, 2.05) is 45.0 Å². The van der Waals surface area contributed by atoms with Crippen molar-refractivity contribution in [3.63, 3.8) is 0 Å². The Morgan fingerprint density at radius 1 is 1.38 bits per heavy atom. The van der Waals surface area contributed by atoms with Crippen molar-refractivity contribution >= 4 is 5.78 Å². The molecule has 88 valence electrons. The van der Waals surface area contributed by atoms with E-state index in [-0.39, 0.29) is 11.2 Å². The number of carbonyl (C=O) groups excluding carboxylic acids is 1.